The number of nitrogens with zero attached hydrogens (tertiary/aromatic N) is 3. The average molecular weight is 320 g/mol. The van der Waals surface area contributed by atoms with Crippen molar-refractivity contribution < 1.29 is 9.53 Å². The summed E-state index contributed by atoms with van der Waals surface area (Å²) in [5.74, 6) is -0.169. The standard InChI is InChI=1S/C15H14ClN3O3/c1-2-22-14(21)10-9-18-7-8-19(15(18)17-13(10)20)12-6-4-3-5-11(12)16/h3-6,9H,2,7-8H2,1H3. The fourth-order valence-electron chi connectivity index (χ4n) is 2.42. The summed E-state index contributed by atoms with van der Waals surface area (Å²) in [6.07, 6.45) is 1.50. The Morgan fingerprint density at radius 2 is 2.14 bits per heavy atom. The van der Waals surface area contributed by atoms with Gasteiger partial charge in [-0.3, -0.25) is 4.79 Å². The van der Waals surface area contributed by atoms with E-state index in [0.29, 0.717) is 24.1 Å². The zero-order chi connectivity index (χ0) is 15.7. The third-order valence-electron chi connectivity index (χ3n) is 3.42. The first kappa shape index (κ1) is 14.6. The summed E-state index contributed by atoms with van der Waals surface area (Å²) >= 11 is 6.20. The van der Waals surface area contributed by atoms with Crippen LogP contribution in [0.3, 0.4) is 0 Å². The van der Waals surface area contributed by atoms with Gasteiger partial charge in [0, 0.05) is 19.3 Å². The molecule has 0 bridgehead atoms. The maximum Gasteiger partial charge on any atom is 0.345 e. The molecular weight excluding hydrogens is 306 g/mol. The summed E-state index contributed by atoms with van der Waals surface area (Å²) in [4.78, 5) is 29.7. The van der Waals surface area contributed by atoms with Crippen molar-refractivity contribution in [2.45, 2.75) is 13.5 Å². The van der Waals surface area contributed by atoms with Crippen molar-refractivity contribution in [3.63, 3.8) is 0 Å². The van der Waals surface area contributed by atoms with Gasteiger partial charge >= 0.3 is 5.97 Å². The Kier molecular flexibility index (Phi) is 3.85. The number of fused-ring (bicyclic) bond motifs is 1. The first-order valence-corrected chi connectivity index (χ1v) is 7.30. The highest BCUT2D eigenvalue weighted by molar-refractivity contribution is 6.33. The predicted molar refractivity (Wildman–Crippen MR) is 82.9 cm³/mol. The van der Waals surface area contributed by atoms with Crippen LogP contribution in [0.15, 0.2) is 35.3 Å². The Balaban J connectivity index is 2.03. The lowest BCUT2D eigenvalue weighted by atomic mass is 10.3. The van der Waals surface area contributed by atoms with Crippen molar-refractivity contribution in [3.05, 3.63) is 51.4 Å². The van der Waals surface area contributed by atoms with Crippen molar-refractivity contribution in [1.29, 1.82) is 0 Å². The van der Waals surface area contributed by atoms with Crippen LogP contribution in [-0.4, -0.2) is 28.7 Å². The van der Waals surface area contributed by atoms with Gasteiger partial charge in [0.15, 0.2) is 0 Å². The maximum atomic E-state index is 12.1. The predicted octanol–water partition coefficient (Wildman–Crippen LogP) is 2.23. The molecule has 114 valence electrons. The number of para-hydroxylation sites is 1. The summed E-state index contributed by atoms with van der Waals surface area (Å²) in [7, 11) is 0. The normalized spacial score (nSPS) is 13.1. The number of hydrogen-bond donors (Lipinski definition) is 0. The van der Waals surface area contributed by atoms with Gasteiger partial charge in [0.25, 0.3) is 5.56 Å². The molecule has 22 heavy (non-hydrogen) atoms. The summed E-state index contributed by atoms with van der Waals surface area (Å²) in [6, 6.07) is 7.36. The van der Waals surface area contributed by atoms with E-state index in [1.54, 1.807) is 17.6 Å². The van der Waals surface area contributed by atoms with Gasteiger partial charge in [0.1, 0.15) is 5.56 Å². The molecule has 0 saturated carbocycles. The highest BCUT2D eigenvalue weighted by Crippen LogP contribution is 2.32. The van der Waals surface area contributed by atoms with Crippen LogP contribution >= 0.6 is 11.6 Å². The van der Waals surface area contributed by atoms with Crippen LogP contribution in [-0.2, 0) is 11.3 Å². The molecule has 1 aliphatic rings. The molecule has 0 aliphatic carbocycles. The number of anilines is 2. The Bertz CT molecular complexity index is 788. The molecule has 0 spiro atoms. The van der Waals surface area contributed by atoms with Gasteiger partial charge in [-0.2, -0.15) is 4.98 Å². The largest absolute Gasteiger partial charge is 0.462 e. The third kappa shape index (κ3) is 2.46. The molecule has 0 radical (unpaired) electrons. The topological polar surface area (TPSA) is 64.4 Å². The van der Waals surface area contributed by atoms with Gasteiger partial charge < -0.3 is 14.2 Å². The third-order valence-corrected chi connectivity index (χ3v) is 3.74. The van der Waals surface area contributed by atoms with E-state index in [2.05, 4.69) is 4.98 Å². The second kappa shape index (κ2) is 5.81. The fourth-order valence-corrected chi connectivity index (χ4v) is 2.66. The molecule has 0 N–H and O–H groups in total. The van der Waals surface area contributed by atoms with Crippen molar-refractivity contribution in [2.24, 2.45) is 0 Å². The number of halogens is 1. The molecule has 1 aromatic carbocycles. The molecule has 6 nitrogen and oxygen atoms in total. The van der Waals surface area contributed by atoms with Gasteiger partial charge in [0.2, 0.25) is 5.95 Å². The first-order chi connectivity index (χ1) is 10.6. The zero-order valence-corrected chi connectivity index (χ0v) is 12.7. The number of rotatable bonds is 3. The van der Waals surface area contributed by atoms with E-state index in [4.69, 9.17) is 16.3 Å². The number of esters is 1. The molecule has 7 heteroatoms. The number of aromatic nitrogens is 2. The second-order valence-corrected chi connectivity index (χ2v) is 5.18. The van der Waals surface area contributed by atoms with E-state index in [1.807, 2.05) is 23.1 Å². The van der Waals surface area contributed by atoms with Crippen LogP contribution in [0.4, 0.5) is 11.6 Å². The van der Waals surface area contributed by atoms with E-state index in [0.717, 1.165) is 5.69 Å². The van der Waals surface area contributed by atoms with E-state index in [1.165, 1.54) is 6.20 Å². The Morgan fingerprint density at radius 3 is 2.86 bits per heavy atom. The van der Waals surface area contributed by atoms with Gasteiger partial charge in [-0.05, 0) is 19.1 Å². The Labute approximate surface area is 131 Å². The van der Waals surface area contributed by atoms with Crippen LogP contribution in [0.1, 0.15) is 17.3 Å². The highest BCUT2D eigenvalue weighted by atomic mass is 35.5. The van der Waals surface area contributed by atoms with Gasteiger partial charge in [-0.1, -0.05) is 23.7 Å². The Hall–Kier alpha value is -2.34. The minimum absolute atomic E-state index is 0.0494. The highest BCUT2D eigenvalue weighted by Gasteiger charge is 2.26. The lowest BCUT2D eigenvalue weighted by molar-refractivity contribution is 0.0523. The number of hydrogen-bond acceptors (Lipinski definition) is 5. The zero-order valence-electron chi connectivity index (χ0n) is 12.0. The molecule has 3 rings (SSSR count). The summed E-state index contributed by atoms with van der Waals surface area (Å²) in [5.41, 5.74) is 0.140. The molecule has 0 amide bonds. The smallest absolute Gasteiger partial charge is 0.345 e. The van der Waals surface area contributed by atoms with Crippen molar-refractivity contribution in [3.8, 4) is 0 Å². The molecule has 2 heterocycles. The number of carbonyl (C=O) groups excluding carboxylic acids is 1. The minimum Gasteiger partial charge on any atom is -0.462 e. The van der Waals surface area contributed by atoms with Crippen molar-refractivity contribution in [2.75, 3.05) is 18.1 Å². The van der Waals surface area contributed by atoms with Crippen molar-refractivity contribution >= 4 is 29.2 Å². The Morgan fingerprint density at radius 1 is 1.36 bits per heavy atom. The summed E-state index contributed by atoms with van der Waals surface area (Å²) in [5, 5.41) is 0.583. The van der Waals surface area contributed by atoms with E-state index in [9.17, 15) is 9.59 Å². The van der Waals surface area contributed by atoms with Crippen LogP contribution in [0.5, 0.6) is 0 Å². The quantitative estimate of drug-likeness (QED) is 0.812. The van der Waals surface area contributed by atoms with E-state index in [-0.39, 0.29) is 12.2 Å². The lowest BCUT2D eigenvalue weighted by Gasteiger charge is -2.18. The fraction of sp³-hybridized carbons (Fsp3) is 0.267. The number of carbonyl (C=O) groups is 1. The molecule has 1 aliphatic heterocycles. The van der Waals surface area contributed by atoms with Gasteiger partial charge in [-0.15, -0.1) is 0 Å². The average Bonchev–Trinajstić information content (AvgIpc) is 2.90. The van der Waals surface area contributed by atoms with Gasteiger partial charge in [0.05, 0.1) is 17.3 Å². The minimum atomic E-state index is -0.647. The molecule has 0 atom stereocenters. The lowest BCUT2D eigenvalue weighted by Crippen LogP contribution is -2.24. The SMILES string of the molecule is CCOC(=O)c1cn2c(nc1=O)N(c1ccccc1Cl)CC2. The molecule has 2 aromatic rings. The summed E-state index contributed by atoms with van der Waals surface area (Å²) < 4.78 is 6.63. The molecule has 0 unspecified atom stereocenters. The molecule has 1 aromatic heterocycles. The number of benzene rings is 1. The maximum absolute atomic E-state index is 12.1. The van der Waals surface area contributed by atoms with Crippen LogP contribution in [0.2, 0.25) is 5.02 Å². The molecule has 0 saturated heterocycles. The monoisotopic (exact) mass is 319 g/mol. The summed E-state index contributed by atoms with van der Waals surface area (Å²) in [6.45, 7) is 3.14. The van der Waals surface area contributed by atoms with Crippen LogP contribution < -0.4 is 10.5 Å². The molecule has 0 fully saturated rings. The second-order valence-electron chi connectivity index (χ2n) is 4.78. The van der Waals surface area contributed by atoms with Crippen LogP contribution in [0.25, 0.3) is 0 Å². The van der Waals surface area contributed by atoms with E-state index >= 15 is 0 Å². The first-order valence-electron chi connectivity index (χ1n) is 6.92. The molecular formula is C15H14ClN3O3. The van der Waals surface area contributed by atoms with Crippen LogP contribution in [0, 0.1) is 0 Å². The van der Waals surface area contributed by atoms with E-state index < -0.39 is 11.5 Å². The number of ether oxygens (including phenoxy) is 1. The van der Waals surface area contributed by atoms with Gasteiger partial charge in [-0.25, -0.2) is 4.79 Å². The van der Waals surface area contributed by atoms with Crippen molar-refractivity contribution in [1.82, 2.24) is 9.55 Å².